The Labute approximate surface area is 194 Å². The number of furan rings is 1. The molecule has 2 aromatic carbocycles. The Hall–Kier alpha value is -3.96. The number of hydrogen-bond acceptors (Lipinski definition) is 7. The van der Waals surface area contributed by atoms with Gasteiger partial charge < -0.3 is 9.52 Å². The smallest absolute Gasteiger partial charge is 0.342 e. The van der Waals surface area contributed by atoms with Crippen LogP contribution in [-0.2, 0) is 4.79 Å². The number of nitrogens with one attached hydrogen (secondary N) is 1. The quantitative estimate of drug-likeness (QED) is 0.148. The van der Waals surface area contributed by atoms with Crippen LogP contribution < -0.4 is 0 Å². The van der Waals surface area contributed by atoms with Crippen molar-refractivity contribution in [3.63, 3.8) is 0 Å². The van der Waals surface area contributed by atoms with Crippen molar-refractivity contribution in [1.82, 2.24) is 15.2 Å². The van der Waals surface area contributed by atoms with E-state index >= 15 is 0 Å². The number of aliphatic carboxylic acids is 1. The summed E-state index contributed by atoms with van der Waals surface area (Å²) in [7, 11) is 0. The van der Waals surface area contributed by atoms with Crippen molar-refractivity contribution in [3.8, 4) is 22.7 Å². The minimum atomic E-state index is -1.23. The number of aromatic nitrogens is 3. The van der Waals surface area contributed by atoms with Gasteiger partial charge >= 0.3 is 11.7 Å². The Bertz CT molecular complexity index is 1380. The van der Waals surface area contributed by atoms with Gasteiger partial charge in [-0.1, -0.05) is 11.6 Å². The molecule has 0 aliphatic heterocycles. The normalized spacial score (nSPS) is 11.5. The van der Waals surface area contributed by atoms with Crippen LogP contribution in [-0.4, -0.2) is 31.2 Å². The zero-order valence-corrected chi connectivity index (χ0v) is 17.9. The van der Waals surface area contributed by atoms with Gasteiger partial charge in [0.15, 0.2) is 5.82 Å². The number of rotatable bonds is 7. The van der Waals surface area contributed by atoms with Crippen molar-refractivity contribution in [2.45, 2.75) is 5.16 Å². The highest BCUT2D eigenvalue weighted by Crippen LogP contribution is 2.31. The standard InChI is InChI=1S/C21H12ClFN4O5S/c22-13-4-1-11(2-5-13)19-24-21(26-25-19)33-18(20(28)29)10-14-6-8-17(32-14)12-3-7-15(23)16(9-12)27(30)31/h1-10H,(H,28,29)(H,24,25,26)/b18-10-. The summed E-state index contributed by atoms with van der Waals surface area (Å²) < 4.78 is 19.2. The van der Waals surface area contributed by atoms with E-state index in [1.54, 1.807) is 24.3 Å². The molecule has 33 heavy (non-hydrogen) atoms. The third-order valence-corrected chi connectivity index (χ3v) is 5.45. The fourth-order valence-electron chi connectivity index (χ4n) is 2.78. The van der Waals surface area contributed by atoms with Crippen LogP contribution in [0.2, 0.25) is 5.02 Å². The minimum absolute atomic E-state index is 0.123. The summed E-state index contributed by atoms with van der Waals surface area (Å²) in [6, 6.07) is 13.2. The first kappa shape index (κ1) is 22.2. The van der Waals surface area contributed by atoms with Gasteiger partial charge in [-0.15, -0.1) is 5.10 Å². The third-order valence-electron chi connectivity index (χ3n) is 4.32. The predicted octanol–water partition coefficient (Wildman–Crippen LogP) is 5.65. The monoisotopic (exact) mass is 486 g/mol. The molecule has 0 bridgehead atoms. The molecule has 0 spiro atoms. The topological polar surface area (TPSA) is 135 Å². The second-order valence-electron chi connectivity index (χ2n) is 6.51. The molecule has 12 heteroatoms. The van der Waals surface area contributed by atoms with Crippen molar-refractivity contribution >= 4 is 41.1 Å². The minimum Gasteiger partial charge on any atom is -0.477 e. The number of hydrogen-bond donors (Lipinski definition) is 2. The summed E-state index contributed by atoms with van der Waals surface area (Å²) in [5, 5.41) is 28.0. The van der Waals surface area contributed by atoms with Gasteiger partial charge in [0.1, 0.15) is 16.4 Å². The lowest BCUT2D eigenvalue weighted by Gasteiger charge is -1.99. The molecule has 9 nitrogen and oxygen atoms in total. The van der Waals surface area contributed by atoms with Crippen molar-refractivity contribution < 1.29 is 23.6 Å². The van der Waals surface area contributed by atoms with Crippen LogP contribution in [0.3, 0.4) is 0 Å². The molecule has 0 aliphatic rings. The molecule has 0 fully saturated rings. The van der Waals surface area contributed by atoms with Gasteiger partial charge in [0.2, 0.25) is 11.0 Å². The van der Waals surface area contributed by atoms with Crippen LogP contribution in [0, 0.1) is 15.9 Å². The zero-order chi connectivity index (χ0) is 23.5. The van der Waals surface area contributed by atoms with Gasteiger partial charge in [0.05, 0.1) is 4.92 Å². The van der Waals surface area contributed by atoms with Crippen LogP contribution in [0.25, 0.3) is 28.8 Å². The molecule has 2 aromatic heterocycles. The fraction of sp³-hybridized carbons (Fsp3) is 0. The van der Waals surface area contributed by atoms with E-state index in [0.717, 1.165) is 29.5 Å². The lowest BCUT2D eigenvalue weighted by molar-refractivity contribution is -0.387. The van der Waals surface area contributed by atoms with E-state index in [2.05, 4.69) is 15.2 Å². The molecule has 0 amide bonds. The van der Waals surface area contributed by atoms with Crippen LogP contribution >= 0.6 is 23.4 Å². The number of halogens is 2. The highest BCUT2D eigenvalue weighted by atomic mass is 35.5. The summed E-state index contributed by atoms with van der Waals surface area (Å²) in [4.78, 5) is 26.0. The average molecular weight is 487 g/mol. The van der Waals surface area contributed by atoms with Crippen molar-refractivity contribution in [3.05, 3.63) is 86.2 Å². The fourth-order valence-corrected chi connectivity index (χ4v) is 3.60. The second kappa shape index (κ2) is 9.27. The number of thioether (sulfide) groups is 1. The van der Waals surface area contributed by atoms with Crippen molar-refractivity contribution in [1.29, 1.82) is 0 Å². The van der Waals surface area contributed by atoms with E-state index in [1.165, 1.54) is 24.3 Å². The van der Waals surface area contributed by atoms with Gasteiger partial charge in [0, 0.05) is 28.3 Å². The number of carbonyl (C=O) groups is 1. The SMILES string of the molecule is O=C(O)/C(=C/c1ccc(-c2ccc(F)c([N+](=O)[O-])c2)o1)Sc1n[nH]c(-c2ccc(Cl)cc2)n1. The Morgan fingerprint density at radius 1 is 1.18 bits per heavy atom. The summed E-state index contributed by atoms with van der Waals surface area (Å²) in [5.41, 5.74) is 0.307. The number of nitro benzene ring substituents is 1. The van der Waals surface area contributed by atoms with Gasteiger partial charge in [0.25, 0.3) is 0 Å². The summed E-state index contributed by atoms with van der Waals surface area (Å²) in [5.74, 6) is -1.37. The Morgan fingerprint density at radius 2 is 1.91 bits per heavy atom. The first-order chi connectivity index (χ1) is 15.8. The van der Waals surface area contributed by atoms with Gasteiger partial charge in [-0.25, -0.2) is 9.78 Å². The maximum Gasteiger partial charge on any atom is 0.342 e. The molecular formula is C21H12ClFN4O5S. The number of nitro groups is 1. The maximum atomic E-state index is 13.6. The van der Waals surface area contributed by atoms with E-state index < -0.39 is 22.4 Å². The number of aromatic amines is 1. The van der Waals surface area contributed by atoms with Crippen LogP contribution in [0.15, 0.2) is 69.1 Å². The number of H-pyrrole nitrogens is 1. The molecule has 4 aromatic rings. The Morgan fingerprint density at radius 3 is 2.61 bits per heavy atom. The zero-order valence-electron chi connectivity index (χ0n) is 16.4. The molecule has 166 valence electrons. The van der Waals surface area contributed by atoms with Gasteiger partial charge in [-0.3, -0.25) is 15.2 Å². The van der Waals surface area contributed by atoms with Gasteiger partial charge in [-0.2, -0.15) is 4.39 Å². The lowest BCUT2D eigenvalue weighted by Crippen LogP contribution is -1.97. The predicted molar refractivity (Wildman–Crippen MR) is 119 cm³/mol. The second-order valence-corrected chi connectivity index (χ2v) is 7.96. The molecule has 2 N–H and O–H groups in total. The van der Waals surface area contributed by atoms with E-state index in [1.807, 2.05) is 0 Å². The number of nitrogens with zero attached hydrogens (tertiary/aromatic N) is 3. The molecule has 2 heterocycles. The van der Waals surface area contributed by atoms with E-state index in [-0.39, 0.29) is 27.1 Å². The molecule has 0 atom stereocenters. The molecular weight excluding hydrogens is 475 g/mol. The maximum absolute atomic E-state index is 13.6. The van der Waals surface area contributed by atoms with Crippen LogP contribution in [0.5, 0.6) is 0 Å². The summed E-state index contributed by atoms with van der Waals surface area (Å²) >= 11 is 6.68. The third kappa shape index (κ3) is 5.10. The van der Waals surface area contributed by atoms with Crippen molar-refractivity contribution in [2.24, 2.45) is 0 Å². The van der Waals surface area contributed by atoms with Gasteiger partial charge in [-0.05, 0) is 60.3 Å². The number of benzene rings is 2. The average Bonchev–Trinajstić information content (AvgIpc) is 3.44. The number of carboxylic acids is 1. The lowest BCUT2D eigenvalue weighted by atomic mass is 10.1. The molecule has 0 unspecified atom stereocenters. The molecule has 0 saturated carbocycles. The van der Waals surface area contributed by atoms with E-state index in [4.69, 9.17) is 16.0 Å². The van der Waals surface area contributed by atoms with E-state index in [0.29, 0.717) is 10.8 Å². The first-order valence-corrected chi connectivity index (χ1v) is 10.3. The highest BCUT2D eigenvalue weighted by molar-refractivity contribution is 8.04. The summed E-state index contributed by atoms with van der Waals surface area (Å²) in [6.45, 7) is 0. The van der Waals surface area contributed by atoms with E-state index in [9.17, 15) is 24.4 Å². The molecule has 0 saturated heterocycles. The van der Waals surface area contributed by atoms with Crippen molar-refractivity contribution in [2.75, 3.05) is 0 Å². The number of carboxylic acid groups (broad SMARTS) is 1. The highest BCUT2D eigenvalue weighted by Gasteiger charge is 2.18. The van der Waals surface area contributed by atoms with Crippen LogP contribution in [0.4, 0.5) is 10.1 Å². The first-order valence-electron chi connectivity index (χ1n) is 9.15. The Kier molecular flexibility index (Phi) is 6.24. The molecule has 0 aliphatic carbocycles. The Balaban J connectivity index is 1.57. The molecule has 0 radical (unpaired) electrons. The summed E-state index contributed by atoms with van der Waals surface area (Å²) in [6.07, 6.45) is 1.27. The largest absolute Gasteiger partial charge is 0.477 e. The van der Waals surface area contributed by atoms with Crippen LogP contribution in [0.1, 0.15) is 5.76 Å². The molecule has 4 rings (SSSR count).